The van der Waals surface area contributed by atoms with Gasteiger partial charge in [0.15, 0.2) is 0 Å². The van der Waals surface area contributed by atoms with Crippen molar-refractivity contribution in [1.82, 2.24) is 0 Å². The van der Waals surface area contributed by atoms with Crippen LogP contribution >= 0.6 is 11.3 Å². The summed E-state index contributed by atoms with van der Waals surface area (Å²) < 4.78 is 0. The van der Waals surface area contributed by atoms with Crippen molar-refractivity contribution < 1.29 is 15.0 Å². The van der Waals surface area contributed by atoms with Crippen LogP contribution < -0.4 is 0 Å². The minimum absolute atomic E-state index is 0.210. The lowest BCUT2D eigenvalue weighted by Gasteiger charge is -2.24. The minimum atomic E-state index is -1.15. The Morgan fingerprint density at radius 3 is 2.89 bits per heavy atom. The van der Waals surface area contributed by atoms with E-state index in [1.807, 2.05) is 25.1 Å². The molecule has 0 fully saturated rings. The molecule has 0 saturated heterocycles. The normalized spacial score (nSPS) is 21.4. The van der Waals surface area contributed by atoms with Gasteiger partial charge in [-0.15, -0.1) is 11.3 Å². The number of benzene rings is 1. The van der Waals surface area contributed by atoms with E-state index in [2.05, 4.69) is 0 Å². The number of carboxylic acid groups (broad SMARTS) is 1. The van der Waals surface area contributed by atoms with Gasteiger partial charge in [0, 0.05) is 0 Å². The van der Waals surface area contributed by atoms with E-state index < -0.39 is 11.6 Å². The van der Waals surface area contributed by atoms with Gasteiger partial charge in [-0.1, -0.05) is 23.8 Å². The van der Waals surface area contributed by atoms with Gasteiger partial charge in [0.25, 0.3) is 0 Å². The third-order valence-corrected chi connectivity index (χ3v) is 4.80. The van der Waals surface area contributed by atoms with Crippen molar-refractivity contribution in [2.75, 3.05) is 0 Å². The molecule has 3 rings (SSSR count). The van der Waals surface area contributed by atoms with Crippen molar-refractivity contribution in [2.45, 2.75) is 25.4 Å². The van der Waals surface area contributed by atoms with E-state index in [0.29, 0.717) is 11.3 Å². The number of aromatic carboxylic acids is 1. The molecule has 0 aliphatic heterocycles. The fourth-order valence-electron chi connectivity index (χ4n) is 2.78. The maximum atomic E-state index is 11.3. The van der Waals surface area contributed by atoms with E-state index in [9.17, 15) is 15.0 Å². The number of carbonyl (C=O) groups is 1. The van der Waals surface area contributed by atoms with Gasteiger partial charge in [-0.2, -0.15) is 0 Å². The fourth-order valence-corrected chi connectivity index (χ4v) is 3.81. The molecule has 1 atom stereocenters. The topological polar surface area (TPSA) is 57.5 Å². The molecule has 98 valence electrons. The summed E-state index contributed by atoms with van der Waals surface area (Å²) in [6.07, 6.45) is 1.33. The third-order valence-electron chi connectivity index (χ3n) is 3.74. The van der Waals surface area contributed by atoms with E-state index in [0.717, 1.165) is 23.1 Å². The van der Waals surface area contributed by atoms with Crippen LogP contribution in [-0.2, 0) is 12.0 Å². The smallest absolute Gasteiger partial charge is 0.336 e. The largest absolute Gasteiger partial charge is 0.478 e. The molecule has 19 heavy (non-hydrogen) atoms. The van der Waals surface area contributed by atoms with Gasteiger partial charge in [-0.05, 0) is 42.3 Å². The number of thiophene rings is 1. The van der Waals surface area contributed by atoms with Crippen LogP contribution in [0.3, 0.4) is 0 Å². The standard InChI is InChI=1S/C15H14O3S/c1-9-2-3-10-4-6-15(18,12(10)8-9)13-11(14(16)17)5-7-19-13/h2-3,5,7-8,18H,4,6H2,1H3,(H,16,17). The predicted molar refractivity (Wildman–Crippen MR) is 73.8 cm³/mol. The van der Waals surface area contributed by atoms with Crippen LogP contribution in [0.1, 0.15) is 38.3 Å². The Hall–Kier alpha value is -1.65. The summed E-state index contributed by atoms with van der Waals surface area (Å²) in [7, 11) is 0. The number of aliphatic hydroxyl groups is 1. The first-order valence-corrected chi connectivity index (χ1v) is 7.04. The number of hydrogen-bond donors (Lipinski definition) is 2. The Kier molecular flexibility index (Phi) is 2.73. The Balaban J connectivity index is 2.19. The van der Waals surface area contributed by atoms with Crippen LogP contribution in [0.4, 0.5) is 0 Å². The molecule has 2 aromatic rings. The highest BCUT2D eigenvalue weighted by molar-refractivity contribution is 7.10. The van der Waals surface area contributed by atoms with Crippen molar-refractivity contribution in [3.05, 3.63) is 56.8 Å². The van der Waals surface area contributed by atoms with E-state index in [1.54, 1.807) is 11.4 Å². The molecule has 1 aliphatic rings. The highest BCUT2D eigenvalue weighted by Gasteiger charge is 2.41. The zero-order valence-electron chi connectivity index (χ0n) is 10.5. The van der Waals surface area contributed by atoms with Crippen molar-refractivity contribution >= 4 is 17.3 Å². The highest BCUT2D eigenvalue weighted by Crippen LogP contribution is 2.45. The molecule has 1 unspecified atom stereocenters. The van der Waals surface area contributed by atoms with E-state index in [4.69, 9.17) is 0 Å². The van der Waals surface area contributed by atoms with Crippen LogP contribution in [0.25, 0.3) is 0 Å². The summed E-state index contributed by atoms with van der Waals surface area (Å²) in [6.45, 7) is 1.98. The maximum absolute atomic E-state index is 11.3. The Labute approximate surface area is 115 Å². The monoisotopic (exact) mass is 274 g/mol. The molecule has 1 aromatic heterocycles. The molecule has 0 saturated carbocycles. The first-order chi connectivity index (χ1) is 9.02. The molecule has 1 aromatic carbocycles. The summed E-state index contributed by atoms with van der Waals surface area (Å²) in [5.41, 5.74) is 2.10. The van der Waals surface area contributed by atoms with Crippen molar-refractivity contribution in [3.63, 3.8) is 0 Å². The number of carboxylic acids is 1. The fraction of sp³-hybridized carbons (Fsp3) is 0.267. The van der Waals surface area contributed by atoms with Gasteiger partial charge in [-0.3, -0.25) is 0 Å². The Bertz CT molecular complexity index is 659. The van der Waals surface area contributed by atoms with Crippen LogP contribution in [0.15, 0.2) is 29.6 Å². The van der Waals surface area contributed by atoms with Gasteiger partial charge in [0.1, 0.15) is 5.60 Å². The number of aryl methyl sites for hydroxylation is 2. The van der Waals surface area contributed by atoms with Gasteiger partial charge >= 0.3 is 5.97 Å². The third kappa shape index (κ3) is 1.79. The van der Waals surface area contributed by atoms with Crippen LogP contribution in [0, 0.1) is 6.92 Å². The van der Waals surface area contributed by atoms with Crippen molar-refractivity contribution in [1.29, 1.82) is 0 Å². The van der Waals surface area contributed by atoms with Crippen LogP contribution in [0.2, 0.25) is 0 Å². The maximum Gasteiger partial charge on any atom is 0.336 e. The van der Waals surface area contributed by atoms with Crippen molar-refractivity contribution in [3.8, 4) is 0 Å². The van der Waals surface area contributed by atoms with Gasteiger partial charge in [0.05, 0.1) is 10.4 Å². The zero-order valence-corrected chi connectivity index (χ0v) is 11.3. The molecule has 4 heteroatoms. The summed E-state index contributed by atoms with van der Waals surface area (Å²) in [5.74, 6) is -0.981. The molecule has 1 heterocycles. The minimum Gasteiger partial charge on any atom is -0.478 e. The SMILES string of the molecule is Cc1ccc2c(c1)C(O)(c1sccc1C(=O)O)CC2. The molecular formula is C15H14O3S. The first kappa shape index (κ1) is 12.4. The number of fused-ring (bicyclic) bond motifs is 1. The second-order valence-electron chi connectivity index (χ2n) is 4.99. The molecule has 0 amide bonds. The molecule has 3 nitrogen and oxygen atoms in total. The molecule has 1 aliphatic carbocycles. The summed E-state index contributed by atoms with van der Waals surface area (Å²) in [4.78, 5) is 11.8. The average Bonchev–Trinajstić information content (AvgIpc) is 2.96. The number of hydrogen-bond acceptors (Lipinski definition) is 3. The number of rotatable bonds is 2. The predicted octanol–water partition coefficient (Wildman–Crippen LogP) is 2.94. The lowest BCUT2D eigenvalue weighted by molar-refractivity contribution is 0.0655. The van der Waals surface area contributed by atoms with Gasteiger partial charge in [0.2, 0.25) is 0 Å². The summed E-state index contributed by atoms with van der Waals surface area (Å²) in [6, 6.07) is 7.58. The molecule has 0 spiro atoms. The molecular weight excluding hydrogens is 260 g/mol. The summed E-state index contributed by atoms with van der Waals surface area (Å²) in [5, 5.41) is 22.0. The lowest BCUT2D eigenvalue weighted by Crippen LogP contribution is -2.25. The Morgan fingerprint density at radius 2 is 2.16 bits per heavy atom. The summed E-state index contributed by atoms with van der Waals surface area (Å²) >= 11 is 1.31. The van der Waals surface area contributed by atoms with Crippen molar-refractivity contribution in [2.24, 2.45) is 0 Å². The van der Waals surface area contributed by atoms with Gasteiger partial charge < -0.3 is 10.2 Å². The van der Waals surface area contributed by atoms with E-state index >= 15 is 0 Å². The van der Waals surface area contributed by atoms with Crippen LogP contribution in [0.5, 0.6) is 0 Å². The van der Waals surface area contributed by atoms with E-state index in [1.165, 1.54) is 11.3 Å². The zero-order chi connectivity index (χ0) is 13.6. The lowest BCUT2D eigenvalue weighted by atomic mass is 9.91. The van der Waals surface area contributed by atoms with Crippen LogP contribution in [-0.4, -0.2) is 16.2 Å². The molecule has 0 radical (unpaired) electrons. The van der Waals surface area contributed by atoms with Gasteiger partial charge in [-0.25, -0.2) is 4.79 Å². The van der Waals surface area contributed by atoms with E-state index in [-0.39, 0.29) is 5.56 Å². The Morgan fingerprint density at radius 1 is 1.37 bits per heavy atom. The highest BCUT2D eigenvalue weighted by atomic mass is 32.1. The average molecular weight is 274 g/mol. The molecule has 2 N–H and O–H groups in total. The molecule has 0 bridgehead atoms. The first-order valence-electron chi connectivity index (χ1n) is 6.16. The second kappa shape index (κ2) is 4.18. The quantitative estimate of drug-likeness (QED) is 0.885. The second-order valence-corrected chi connectivity index (χ2v) is 5.91.